The van der Waals surface area contributed by atoms with Gasteiger partial charge < -0.3 is 10.6 Å². The van der Waals surface area contributed by atoms with Crippen LogP contribution in [0.5, 0.6) is 0 Å². The van der Waals surface area contributed by atoms with Crippen molar-refractivity contribution in [2.75, 3.05) is 10.6 Å². The number of primary sulfonamides is 1. The lowest BCUT2D eigenvalue weighted by molar-refractivity contribution is 0.262. The lowest BCUT2D eigenvalue weighted by atomic mass is 10.3. The van der Waals surface area contributed by atoms with Gasteiger partial charge in [-0.15, -0.1) is 0 Å². The molecule has 0 atom stereocenters. The number of urea groups is 1. The van der Waals surface area contributed by atoms with Gasteiger partial charge in [-0.2, -0.15) is 0 Å². The fraction of sp³-hybridized carbons (Fsp3) is 0. The first-order valence-electron chi connectivity index (χ1n) is 5.81. The molecular formula is C13H12BrN3O3S. The third-order valence-electron chi connectivity index (χ3n) is 2.52. The van der Waals surface area contributed by atoms with E-state index in [1.165, 1.54) is 24.3 Å². The fourth-order valence-electron chi connectivity index (χ4n) is 1.59. The van der Waals surface area contributed by atoms with Crippen molar-refractivity contribution in [3.63, 3.8) is 0 Å². The van der Waals surface area contributed by atoms with Gasteiger partial charge in [0.2, 0.25) is 10.0 Å². The van der Waals surface area contributed by atoms with Crippen molar-refractivity contribution in [3.05, 3.63) is 53.0 Å². The molecule has 2 rings (SSSR count). The van der Waals surface area contributed by atoms with E-state index in [1.54, 1.807) is 18.2 Å². The first-order chi connectivity index (χ1) is 9.84. The number of carbonyl (C=O) groups is 1. The molecule has 2 aromatic rings. The lowest BCUT2D eigenvalue weighted by Gasteiger charge is -2.08. The summed E-state index contributed by atoms with van der Waals surface area (Å²) in [5.74, 6) is 0. The van der Waals surface area contributed by atoms with Crippen LogP contribution in [0.15, 0.2) is 57.9 Å². The minimum absolute atomic E-state index is 0.0135. The second-order valence-electron chi connectivity index (χ2n) is 4.16. The van der Waals surface area contributed by atoms with Crippen molar-refractivity contribution >= 4 is 43.4 Å². The Bertz CT molecular complexity index is 760. The molecule has 21 heavy (non-hydrogen) atoms. The summed E-state index contributed by atoms with van der Waals surface area (Å²) in [6.45, 7) is 0. The molecule has 0 radical (unpaired) electrons. The van der Waals surface area contributed by atoms with Gasteiger partial charge in [0.15, 0.2) is 0 Å². The Balaban J connectivity index is 2.03. The van der Waals surface area contributed by atoms with E-state index in [-0.39, 0.29) is 4.90 Å². The lowest BCUT2D eigenvalue weighted by Crippen LogP contribution is -2.19. The van der Waals surface area contributed by atoms with Crippen LogP contribution in [0.25, 0.3) is 0 Å². The molecule has 0 aliphatic heterocycles. The van der Waals surface area contributed by atoms with Gasteiger partial charge in [-0.25, -0.2) is 18.4 Å². The molecular weight excluding hydrogens is 358 g/mol. The quantitative estimate of drug-likeness (QED) is 0.774. The summed E-state index contributed by atoms with van der Waals surface area (Å²) in [6.07, 6.45) is 0. The SMILES string of the molecule is NS(=O)(=O)c1ccc(NC(=O)Nc2cccc(Br)c2)cc1. The van der Waals surface area contributed by atoms with Crippen LogP contribution in [0.3, 0.4) is 0 Å². The van der Waals surface area contributed by atoms with Crippen LogP contribution in [0, 0.1) is 0 Å². The van der Waals surface area contributed by atoms with Crippen molar-refractivity contribution in [1.82, 2.24) is 0 Å². The first-order valence-corrected chi connectivity index (χ1v) is 8.15. The summed E-state index contributed by atoms with van der Waals surface area (Å²) in [5, 5.41) is 10.2. The van der Waals surface area contributed by atoms with E-state index in [0.717, 1.165) is 4.47 Å². The maximum Gasteiger partial charge on any atom is 0.323 e. The average Bonchev–Trinajstić information content (AvgIpc) is 2.38. The summed E-state index contributed by atoms with van der Waals surface area (Å²) < 4.78 is 23.1. The van der Waals surface area contributed by atoms with E-state index in [9.17, 15) is 13.2 Å². The molecule has 4 N–H and O–H groups in total. The number of carbonyl (C=O) groups excluding carboxylic acids is 1. The third-order valence-corrected chi connectivity index (χ3v) is 3.95. The number of nitrogens with two attached hydrogens (primary N) is 1. The van der Waals surface area contributed by atoms with E-state index >= 15 is 0 Å². The highest BCUT2D eigenvalue weighted by atomic mass is 79.9. The molecule has 0 spiro atoms. The Morgan fingerprint density at radius 1 is 1.00 bits per heavy atom. The van der Waals surface area contributed by atoms with Crippen LogP contribution in [0.1, 0.15) is 0 Å². The predicted octanol–water partition coefficient (Wildman–Crippen LogP) is 2.74. The van der Waals surface area contributed by atoms with Gasteiger partial charge >= 0.3 is 6.03 Å². The highest BCUT2D eigenvalue weighted by molar-refractivity contribution is 9.10. The molecule has 110 valence electrons. The number of benzene rings is 2. The van der Waals surface area contributed by atoms with Crippen molar-refractivity contribution in [3.8, 4) is 0 Å². The number of sulfonamides is 1. The second kappa shape index (κ2) is 6.25. The van der Waals surface area contributed by atoms with Gasteiger partial charge in [0.25, 0.3) is 0 Å². The summed E-state index contributed by atoms with van der Waals surface area (Å²) in [4.78, 5) is 11.8. The number of nitrogens with one attached hydrogen (secondary N) is 2. The zero-order valence-electron chi connectivity index (χ0n) is 10.7. The Hall–Kier alpha value is -1.90. The number of rotatable bonds is 3. The Morgan fingerprint density at radius 2 is 1.62 bits per heavy atom. The van der Waals surface area contributed by atoms with Crippen LogP contribution >= 0.6 is 15.9 Å². The maximum absolute atomic E-state index is 11.8. The van der Waals surface area contributed by atoms with Crippen LogP contribution in [-0.2, 0) is 10.0 Å². The molecule has 2 amide bonds. The third kappa shape index (κ3) is 4.55. The largest absolute Gasteiger partial charge is 0.323 e. The van der Waals surface area contributed by atoms with Gasteiger partial charge in [-0.3, -0.25) is 0 Å². The summed E-state index contributed by atoms with van der Waals surface area (Å²) in [6, 6.07) is 12.3. The molecule has 2 aromatic carbocycles. The molecule has 0 unspecified atom stereocenters. The van der Waals surface area contributed by atoms with Crippen molar-refractivity contribution in [1.29, 1.82) is 0 Å². The highest BCUT2D eigenvalue weighted by Crippen LogP contribution is 2.17. The Kier molecular flexibility index (Phi) is 4.61. The molecule has 0 heterocycles. The molecule has 6 nitrogen and oxygen atoms in total. The Labute approximate surface area is 130 Å². The van der Waals surface area contributed by atoms with Crippen molar-refractivity contribution < 1.29 is 13.2 Å². The summed E-state index contributed by atoms with van der Waals surface area (Å²) in [5.41, 5.74) is 1.08. The average molecular weight is 370 g/mol. The van der Waals surface area contributed by atoms with Gasteiger partial charge in [0.05, 0.1) is 4.90 Å². The minimum atomic E-state index is -3.73. The van der Waals surface area contributed by atoms with Crippen LogP contribution in [0.4, 0.5) is 16.2 Å². The number of hydrogen-bond donors (Lipinski definition) is 3. The number of anilines is 2. The molecule has 0 fully saturated rings. The van der Waals surface area contributed by atoms with Crippen LogP contribution in [-0.4, -0.2) is 14.4 Å². The molecule has 0 bridgehead atoms. The zero-order valence-corrected chi connectivity index (χ0v) is 13.1. The predicted molar refractivity (Wildman–Crippen MR) is 84.6 cm³/mol. The van der Waals surface area contributed by atoms with Gasteiger partial charge in [0.1, 0.15) is 0 Å². The number of hydrogen-bond acceptors (Lipinski definition) is 3. The number of amides is 2. The maximum atomic E-state index is 11.8. The normalized spacial score (nSPS) is 11.0. The smallest absolute Gasteiger partial charge is 0.308 e. The molecule has 0 aliphatic carbocycles. The topological polar surface area (TPSA) is 101 Å². The van der Waals surface area contributed by atoms with Crippen molar-refractivity contribution in [2.45, 2.75) is 4.90 Å². The van der Waals surface area contributed by atoms with E-state index in [2.05, 4.69) is 26.6 Å². The van der Waals surface area contributed by atoms with E-state index in [0.29, 0.717) is 11.4 Å². The van der Waals surface area contributed by atoms with E-state index in [4.69, 9.17) is 5.14 Å². The number of halogens is 1. The van der Waals surface area contributed by atoms with Gasteiger partial charge in [0, 0.05) is 15.8 Å². The van der Waals surface area contributed by atoms with Crippen LogP contribution < -0.4 is 15.8 Å². The standard InChI is InChI=1S/C13H12BrN3O3S/c14-9-2-1-3-11(8-9)17-13(18)16-10-4-6-12(7-5-10)21(15,19)20/h1-8H,(H2,15,19,20)(H2,16,17,18). The molecule has 0 aromatic heterocycles. The summed E-state index contributed by atoms with van der Waals surface area (Å²) >= 11 is 3.30. The molecule has 0 saturated heterocycles. The Morgan fingerprint density at radius 3 is 2.19 bits per heavy atom. The van der Waals surface area contributed by atoms with E-state index < -0.39 is 16.1 Å². The fourth-order valence-corrected chi connectivity index (χ4v) is 2.50. The molecule has 8 heteroatoms. The highest BCUT2D eigenvalue weighted by Gasteiger charge is 2.08. The molecule has 0 aliphatic rings. The van der Waals surface area contributed by atoms with Crippen LogP contribution in [0.2, 0.25) is 0 Å². The first kappa shape index (κ1) is 15.5. The molecule has 0 saturated carbocycles. The summed E-state index contributed by atoms with van der Waals surface area (Å²) in [7, 11) is -3.73. The zero-order chi connectivity index (χ0) is 15.5. The van der Waals surface area contributed by atoms with Gasteiger partial charge in [-0.05, 0) is 42.5 Å². The minimum Gasteiger partial charge on any atom is -0.308 e. The van der Waals surface area contributed by atoms with Gasteiger partial charge in [-0.1, -0.05) is 22.0 Å². The second-order valence-corrected chi connectivity index (χ2v) is 6.64. The monoisotopic (exact) mass is 369 g/mol. The van der Waals surface area contributed by atoms with Crippen molar-refractivity contribution in [2.24, 2.45) is 5.14 Å². The van der Waals surface area contributed by atoms with E-state index in [1.807, 2.05) is 6.07 Å².